The number of aromatic nitrogens is 1. The molecule has 1 fully saturated rings. The van der Waals surface area contributed by atoms with Gasteiger partial charge in [0.15, 0.2) is 11.5 Å². The lowest BCUT2D eigenvalue weighted by Gasteiger charge is -2.23. The van der Waals surface area contributed by atoms with Gasteiger partial charge in [-0.1, -0.05) is 5.16 Å². The van der Waals surface area contributed by atoms with Gasteiger partial charge in [-0.2, -0.15) is 0 Å². The third-order valence-corrected chi connectivity index (χ3v) is 4.46. The van der Waals surface area contributed by atoms with Gasteiger partial charge in [-0.25, -0.2) is 0 Å². The van der Waals surface area contributed by atoms with E-state index in [1.54, 1.807) is 21.3 Å². The molecule has 0 aliphatic carbocycles. The Morgan fingerprint density at radius 1 is 1.12 bits per heavy atom. The fourth-order valence-electron chi connectivity index (χ4n) is 3.35. The van der Waals surface area contributed by atoms with Crippen LogP contribution in [0.5, 0.6) is 17.2 Å². The van der Waals surface area contributed by atoms with Crippen molar-refractivity contribution >= 4 is 0 Å². The molecule has 2 heterocycles. The van der Waals surface area contributed by atoms with Crippen LogP contribution in [0.15, 0.2) is 22.7 Å². The lowest BCUT2D eigenvalue weighted by molar-refractivity contribution is 0.235. The van der Waals surface area contributed by atoms with Crippen molar-refractivity contribution in [1.29, 1.82) is 0 Å². The van der Waals surface area contributed by atoms with Crippen molar-refractivity contribution in [2.24, 2.45) is 0 Å². The quantitative estimate of drug-likeness (QED) is 0.808. The first kappa shape index (κ1) is 16.6. The number of ether oxygens (including phenoxy) is 3. The lowest BCUT2D eigenvalue weighted by Crippen LogP contribution is -2.23. The standard InChI is InChI=1S/C18H24N2O4/c1-12-8-14(19-24-12)15-6-5-7-20(15)11-13-9-16(21-2)18(23-4)17(10-13)22-3/h8-10,15H,5-7,11H2,1-4H3/t15-/m0/s1. The Labute approximate surface area is 142 Å². The molecule has 1 aromatic carbocycles. The largest absolute Gasteiger partial charge is 0.493 e. The number of hydrogen-bond acceptors (Lipinski definition) is 6. The molecule has 0 unspecified atom stereocenters. The third-order valence-electron chi connectivity index (χ3n) is 4.46. The normalized spacial score (nSPS) is 17.9. The summed E-state index contributed by atoms with van der Waals surface area (Å²) in [7, 11) is 4.89. The van der Waals surface area contributed by atoms with Gasteiger partial charge in [0.25, 0.3) is 0 Å². The van der Waals surface area contributed by atoms with Gasteiger partial charge >= 0.3 is 0 Å². The van der Waals surface area contributed by atoms with Crippen LogP contribution in [0.1, 0.15) is 35.9 Å². The summed E-state index contributed by atoms with van der Waals surface area (Å²) < 4.78 is 21.5. The molecule has 1 aliphatic heterocycles. The summed E-state index contributed by atoms with van der Waals surface area (Å²) in [5.74, 6) is 2.83. The molecule has 0 spiro atoms. The average molecular weight is 332 g/mol. The smallest absolute Gasteiger partial charge is 0.203 e. The van der Waals surface area contributed by atoms with Crippen molar-refractivity contribution in [3.8, 4) is 17.2 Å². The molecule has 0 bridgehead atoms. The van der Waals surface area contributed by atoms with E-state index in [-0.39, 0.29) is 0 Å². The fourth-order valence-corrected chi connectivity index (χ4v) is 3.35. The third kappa shape index (κ3) is 3.19. The topological polar surface area (TPSA) is 57.0 Å². The highest BCUT2D eigenvalue weighted by molar-refractivity contribution is 5.53. The molecule has 2 aromatic rings. The van der Waals surface area contributed by atoms with Crippen molar-refractivity contribution in [2.45, 2.75) is 32.4 Å². The van der Waals surface area contributed by atoms with E-state index in [2.05, 4.69) is 10.1 Å². The van der Waals surface area contributed by atoms with Crippen LogP contribution < -0.4 is 14.2 Å². The minimum Gasteiger partial charge on any atom is -0.493 e. The molecule has 1 atom stereocenters. The Bertz CT molecular complexity index is 673. The zero-order chi connectivity index (χ0) is 17.1. The van der Waals surface area contributed by atoms with E-state index in [1.165, 1.54) is 0 Å². The molecule has 1 aromatic heterocycles. The van der Waals surface area contributed by atoms with Gasteiger partial charge in [0.1, 0.15) is 11.5 Å². The maximum absolute atomic E-state index is 5.45. The highest BCUT2D eigenvalue weighted by Crippen LogP contribution is 2.40. The van der Waals surface area contributed by atoms with Gasteiger partial charge in [0.05, 0.1) is 27.4 Å². The van der Waals surface area contributed by atoms with E-state index in [9.17, 15) is 0 Å². The Morgan fingerprint density at radius 3 is 2.38 bits per heavy atom. The highest BCUT2D eigenvalue weighted by Gasteiger charge is 2.29. The minimum absolute atomic E-state index is 0.293. The van der Waals surface area contributed by atoms with Crippen molar-refractivity contribution in [3.63, 3.8) is 0 Å². The number of rotatable bonds is 6. The monoisotopic (exact) mass is 332 g/mol. The molecular weight excluding hydrogens is 308 g/mol. The van der Waals surface area contributed by atoms with Crippen molar-refractivity contribution in [1.82, 2.24) is 10.1 Å². The Balaban J connectivity index is 1.84. The number of hydrogen-bond donors (Lipinski definition) is 0. The number of nitrogens with zero attached hydrogens (tertiary/aromatic N) is 2. The molecule has 24 heavy (non-hydrogen) atoms. The molecule has 1 saturated heterocycles. The Morgan fingerprint density at radius 2 is 1.83 bits per heavy atom. The second kappa shape index (κ2) is 7.13. The molecule has 0 radical (unpaired) electrons. The van der Waals surface area contributed by atoms with E-state index in [0.717, 1.165) is 42.9 Å². The van der Waals surface area contributed by atoms with Crippen LogP contribution >= 0.6 is 0 Å². The lowest BCUT2D eigenvalue weighted by atomic mass is 10.1. The van der Waals surface area contributed by atoms with Crippen LogP contribution in [0, 0.1) is 6.92 Å². The zero-order valence-corrected chi connectivity index (χ0v) is 14.7. The molecule has 130 valence electrons. The van der Waals surface area contributed by atoms with Gasteiger partial charge in [-0.3, -0.25) is 4.90 Å². The first-order valence-corrected chi connectivity index (χ1v) is 8.12. The van der Waals surface area contributed by atoms with Crippen molar-refractivity contribution in [2.75, 3.05) is 27.9 Å². The molecule has 6 nitrogen and oxygen atoms in total. The number of benzene rings is 1. The number of methoxy groups -OCH3 is 3. The zero-order valence-electron chi connectivity index (χ0n) is 14.7. The van der Waals surface area contributed by atoms with Crippen LogP contribution in [0.2, 0.25) is 0 Å². The Kier molecular flexibility index (Phi) is 4.94. The van der Waals surface area contributed by atoms with Crippen LogP contribution in [0.4, 0.5) is 0 Å². The van der Waals surface area contributed by atoms with Gasteiger partial charge in [0, 0.05) is 12.6 Å². The summed E-state index contributed by atoms with van der Waals surface area (Å²) in [6.07, 6.45) is 2.25. The molecule has 0 N–H and O–H groups in total. The second-order valence-electron chi connectivity index (χ2n) is 6.02. The van der Waals surface area contributed by atoms with Crippen molar-refractivity contribution in [3.05, 3.63) is 35.2 Å². The second-order valence-corrected chi connectivity index (χ2v) is 6.02. The van der Waals surface area contributed by atoms with Gasteiger partial charge in [0.2, 0.25) is 5.75 Å². The van der Waals surface area contributed by atoms with Crippen LogP contribution in [-0.2, 0) is 6.54 Å². The first-order valence-electron chi connectivity index (χ1n) is 8.12. The average Bonchev–Trinajstić information content (AvgIpc) is 3.22. The summed E-state index contributed by atoms with van der Waals surface area (Å²) in [5.41, 5.74) is 2.13. The van der Waals surface area contributed by atoms with Crippen LogP contribution in [-0.4, -0.2) is 37.9 Å². The van der Waals surface area contributed by atoms with E-state index >= 15 is 0 Å². The molecule has 0 saturated carbocycles. The number of aryl methyl sites for hydroxylation is 1. The molecular formula is C18H24N2O4. The van der Waals surface area contributed by atoms with E-state index in [1.807, 2.05) is 25.1 Å². The first-order chi connectivity index (χ1) is 11.7. The van der Waals surface area contributed by atoms with Gasteiger partial charge in [-0.05, 0) is 44.0 Å². The van der Waals surface area contributed by atoms with Crippen LogP contribution in [0.25, 0.3) is 0 Å². The van der Waals surface area contributed by atoms with Gasteiger partial charge in [-0.15, -0.1) is 0 Å². The predicted octanol–water partition coefficient (Wildman–Crippen LogP) is 3.35. The maximum Gasteiger partial charge on any atom is 0.203 e. The molecule has 1 aliphatic rings. The Hall–Kier alpha value is -2.21. The molecule has 3 rings (SSSR count). The SMILES string of the molecule is COc1cc(CN2CCC[C@H]2c2cc(C)on2)cc(OC)c1OC. The molecule has 6 heteroatoms. The summed E-state index contributed by atoms with van der Waals surface area (Å²) >= 11 is 0. The molecule has 0 amide bonds. The number of likely N-dealkylation sites (tertiary alicyclic amines) is 1. The van der Waals surface area contributed by atoms with Crippen LogP contribution in [0.3, 0.4) is 0 Å². The van der Waals surface area contributed by atoms with Gasteiger partial charge < -0.3 is 18.7 Å². The minimum atomic E-state index is 0.293. The summed E-state index contributed by atoms with van der Waals surface area (Å²) in [4.78, 5) is 2.41. The van der Waals surface area contributed by atoms with Crippen molar-refractivity contribution < 1.29 is 18.7 Å². The van der Waals surface area contributed by atoms with E-state index < -0.39 is 0 Å². The van der Waals surface area contributed by atoms with E-state index in [4.69, 9.17) is 18.7 Å². The summed E-state index contributed by atoms with van der Waals surface area (Å²) in [6.45, 7) is 3.76. The fraction of sp³-hybridized carbons (Fsp3) is 0.500. The maximum atomic E-state index is 5.45. The highest BCUT2D eigenvalue weighted by atomic mass is 16.5. The van der Waals surface area contributed by atoms with E-state index in [0.29, 0.717) is 23.3 Å². The summed E-state index contributed by atoms with van der Waals surface area (Å²) in [6, 6.07) is 6.33. The summed E-state index contributed by atoms with van der Waals surface area (Å²) in [5, 5.41) is 4.20. The predicted molar refractivity (Wildman–Crippen MR) is 89.7 cm³/mol.